The van der Waals surface area contributed by atoms with Gasteiger partial charge in [-0.15, -0.1) is 0 Å². The summed E-state index contributed by atoms with van der Waals surface area (Å²) in [6.45, 7) is 8.34. The smallest absolute Gasteiger partial charge is 0.411 e. The quantitative estimate of drug-likeness (QED) is 0.652. The number of methoxy groups -OCH3 is 1. The third-order valence-electron chi connectivity index (χ3n) is 5.14. The van der Waals surface area contributed by atoms with Crippen molar-refractivity contribution in [3.05, 3.63) is 65.7 Å². The lowest BCUT2D eigenvalue weighted by Crippen LogP contribution is -2.37. The van der Waals surface area contributed by atoms with E-state index in [1.807, 2.05) is 61.2 Å². The highest BCUT2D eigenvalue weighted by atomic mass is 16.6. The fourth-order valence-electron chi connectivity index (χ4n) is 3.96. The number of hydrogen-bond donors (Lipinski definition) is 0. The van der Waals surface area contributed by atoms with Gasteiger partial charge in [-0.3, -0.25) is 4.90 Å². The zero-order valence-corrected chi connectivity index (χ0v) is 16.8. The summed E-state index contributed by atoms with van der Waals surface area (Å²) in [5, 5.41) is 0. The molecule has 0 unspecified atom stereocenters. The normalized spacial score (nSPS) is 19.9. The van der Waals surface area contributed by atoms with Crippen LogP contribution in [0.1, 0.15) is 57.3 Å². The van der Waals surface area contributed by atoms with Gasteiger partial charge in [-0.25, -0.2) is 4.79 Å². The van der Waals surface area contributed by atoms with Gasteiger partial charge >= 0.3 is 6.09 Å². The lowest BCUT2D eigenvalue weighted by Gasteiger charge is -2.35. The van der Waals surface area contributed by atoms with Crippen LogP contribution in [0.3, 0.4) is 0 Å². The topological polar surface area (TPSA) is 38.8 Å². The van der Waals surface area contributed by atoms with Gasteiger partial charge in [0.15, 0.2) is 0 Å². The van der Waals surface area contributed by atoms with Crippen LogP contribution in [0.4, 0.5) is 4.79 Å². The maximum absolute atomic E-state index is 13.0. The molecule has 0 spiro atoms. The lowest BCUT2D eigenvalue weighted by atomic mass is 9.88. The molecule has 144 valence electrons. The Balaban J connectivity index is 2.06. The van der Waals surface area contributed by atoms with Gasteiger partial charge in [0.05, 0.1) is 13.2 Å². The number of cyclic esters (lactones) is 1. The van der Waals surface area contributed by atoms with Crippen LogP contribution in [-0.2, 0) is 4.74 Å². The van der Waals surface area contributed by atoms with Crippen LogP contribution in [0.2, 0.25) is 0 Å². The Morgan fingerprint density at radius 3 is 2.26 bits per heavy atom. The van der Waals surface area contributed by atoms with Gasteiger partial charge in [-0.2, -0.15) is 0 Å². The molecule has 0 radical (unpaired) electrons. The number of ether oxygens (including phenoxy) is 2. The van der Waals surface area contributed by atoms with E-state index in [1.165, 1.54) is 0 Å². The summed E-state index contributed by atoms with van der Waals surface area (Å²) in [4.78, 5) is 14.9. The number of carbonyl (C=O) groups is 1. The lowest BCUT2D eigenvalue weighted by molar-refractivity contribution is 0.0667. The van der Waals surface area contributed by atoms with Crippen molar-refractivity contribution in [2.75, 3.05) is 7.11 Å². The number of hydrogen-bond acceptors (Lipinski definition) is 3. The van der Waals surface area contributed by atoms with Crippen molar-refractivity contribution >= 4 is 6.09 Å². The van der Waals surface area contributed by atoms with Crippen molar-refractivity contribution in [1.29, 1.82) is 0 Å². The van der Waals surface area contributed by atoms with E-state index >= 15 is 0 Å². The minimum Gasteiger partial charge on any atom is -0.497 e. The predicted octanol–water partition coefficient (Wildman–Crippen LogP) is 5.75. The Morgan fingerprint density at radius 2 is 1.70 bits per heavy atom. The first kappa shape index (κ1) is 19.3. The molecule has 1 amide bonds. The van der Waals surface area contributed by atoms with Crippen molar-refractivity contribution in [1.82, 2.24) is 4.90 Å². The van der Waals surface area contributed by atoms with E-state index in [4.69, 9.17) is 9.47 Å². The summed E-state index contributed by atoms with van der Waals surface area (Å²) in [6.07, 6.45) is 0.608. The molecule has 1 heterocycles. The zero-order chi connectivity index (χ0) is 19.6. The summed E-state index contributed by atoms with van der Waals surface area (Å²) < 4.78 is 11.1. The molecule has 2 aromatic rings. The minimum absolute atomic E-state index is 0.0598. The third kappa shape index (κ3) is 3.95. The van der Waals surface area contributed by atoms with Crippen LogP contribution in [0.25, 0.3) is 0 Å². The summed E-state index contributed by atoms with van der Waals surface area (Å²) in [5.74, 6) is 1.25. The van der Waals surface area contributed by atoms with Gasteiger partial charge in [0.1, 0.15) is 17.4 Å². The molecule has 1 saturated heterocycles. The molecule has 0 saturated carbocycles. The largest absolute Gasteiger partial charge is 0.497 e. The van der Waals surface area contributed by atoms with Crippen LogP contribution in [0, 0.1) is 5.92 Å². The predicted molar refractivity (Wildman–Crippen MR) is 107 cm³/mol. The maximum atomic E-state index is 13.0. The van der Waals surface area contributed by atoms with Crippen LogP contribution in [0.5, 0.6) is 5.75 Å². The van der Waals surface area contributed by atoms with Crippen molar-refractivity contribution in [3.63, 3.8) is 0 Å². The molecule has 0 N–H and O–H groups in total. The molecule has 4 nitrogen and oxygen atoms in total. The van der Waals surface area contributed by atoms with Gasteiger partial charge in [-0.05, 0) is 49.4 Å². The van der Waals surface area contributed by atoms with Gasteiger partial charge in [0, 0.05) is 0 Å². The van der Waals surface area contributed by atoms with Crippen molar-refractivity contribution in [3.8, 4) is 5.75 Å². The molecule has 0 aliphatic carbocycles. The van der Waals surface area contributed by atoms with Gasteiger partial charge in [0.2, 0.25) is 0 Å². The molecule has 2 aromatic carbocycles. The molecular formula is C23H29NO3. The number of rotatable bonds is 6. The molecule has 1 aliphatic heterocycles. The summed E-state index contributed by atoms with van der Waals surface area (Å²) in [7, 11) is 1.66. The van der Waals surface area contributed by atoms with E-state index in [-0.39, 0.29) is 18.2 Å². The highest BCUT2D eigenvalue weighted by Crippen LogP contribution is 2.47. The molecule has 27 heavy (non-hydrogen) atoms. The number of benzene rings is 2. The van der Waals surface area contributed by atoms with Crippen LogP contribution in [-0.4, -0.2) is 23.7 Å². The second-order valence-electron chi connectivity index (χ2n) is 8.11. The molecule has 0 bridgehead atoms. The molecule has 0 aromatic heterocycles. The Bertz CT molecular complexity index is 768. The highest BCUT2D eigenvalue weighted by molar-refractivity contribution is 5.73. The Hall–Kier alpha value is -2.49. The molecule has 1 aliphatic rings. The average molecular weight is 367 g/mol. The Labute approximate surface area is 162 Å². The first-order chi connectivity index (χ1) is 12.8. The van der Waals surface area contributed by atoms with Crippen LogP contribution < -0.4 is 4.74 Å². The third-order valence-corrected chi connectivity index (χ3v) is 5.14. The highest BCUT2D eigenvalue weighted by Gasteiger charge is 2.51. The van der Waals surface area contributed by atoms with E-state index in [1.54, 1.807) is 7.11 Å². The van der Waals surface area contributed by atoms with Crippen LogP contribution in [0.15, 0.2) is 54.6 Å². The first-order valence-corrected chi connectivity index (χ1v) is 9.53. The second-order valence-corrected chi connectivity index (χ2v) is 8.11. The summed E-state index contributed by atoms with van der Waals surface area (Å²) in [5.41, 5.74) is 1.59. The van der Waals surface area contributed by atoms with E-state index in [0.29, 0.717) is 5.92 Å². The van der Waals surface area contributed by atoms with Crippen LogP contribution >= 0.6 is 0 Å². The minimum atomic E-state index is -0.597. The standard InChI is InChI=1S/C23H29NO3/c1-16(2)15-20(17-11-13-19(26-5)14-12-17)24-21(18-9-7-6-8-10-18)23(3,4)27-22(24)25/h6-14,16,20-21H,15H2,1-5H3/t20-,21-/m1/s1. The number of amides is 1. The van der Waals surface area contributed by atoms with Gasteiger partial charge in [0.25, 0.3) is 0 Å². The molecule has 1 fully saturated rings. The van der Waals surface area contributed by atoms with Crippen molar-refractivity contribution < 1.29 is 14.3 Å². The number of carbonyl (C=O) groups excluding carboxylic acids is 1. The summed E-state index contributed by atoms with van der Waals surface area (Å²) >= 11 is 0. The fraction of sp³-hybridized carbons (Fsp3) is 0.435. The Morgan fingerprint density at radius 1 is 1.07 bits per heavy atom. The molecule has 4 heteroatoms. The maximum Gasteiger partial charge on any atom is 0.411 e. The zero-order valence-electron chi connectivity index (χ0n) is 16.8. The first-order valence-electron chi connectivity index (χ1n) is 9.53. The monoisotopic (exact) mass is 367 g/mol. The number of nitrogens with zero attached hydrogens (tertiary/aromatic N) is 1. The SMILES string of the molecule is COc1ccc([C@@H](CC(C)C)N2C(=O)OC(C)(C)[C@H]2c2ccccc2)cc1. The average Bonchev–Trinajstić information content (AvgIpc) is 2.88. The van der Waals surface area contributed by atoms with Gasteiger partial charge in [-0.1, -0.05) is 56.3 Å². The molecular weight excluding hydrogens is 338 g/mol. The van der Waals surface area contributed by atoms with E-state index < -0.39 is 5.60 Å². The van der Waals surface area contributed by atoms with E-state index in [2.05, 4.69) is 26.0 Å². The fourth-order valence-corrected chi connectivity index (χ4v) is 3.96. The van der Waals surface area contributed by atoms with Gasteiger partial charge < -0.3 is 9.47 Å². The Kier molecular flexibility index (Phi) is 5.45. The van der Waals surface area contributed by atoms with E-state index in [9.17, 15) is 4.79 Å². The van der Waals surface area contributed by atoms with Crippen molar-refractivity contribution in [2.24, 2.45) is 5.92 Å². The second kappa shape index (κ2) is 7.63. The van der Waals surface area contributed by atoms with E-state index in [0.717, 1.165) is 23.3 Å². The molecule has 2 atom stereocenters. The van der Waals surface area contributed by atoms with Crippen molar-refractivity contribution in [2.45, 2.75) is 51.8 Å². The summed E-state index contributed by atoms with van der Waals surface area (Å²) in [6, 6.07) is 18.0. The molecule has 3 rings (SSSR count).